The molecule has 1 aromatic rings. The van der Waals surface area contributed by atoms with Crippen LogP contribution in [0.4, 0.5) is 0 Å². The molecule has 4 heteroatoms. The number of benzene rings is 1. The maximum absolute atomic E-state index is 9.27. The van der Waals surface area contributed by atoms with E-state index in [2.05, 4.69) is 22.6 Å². The molecule has 0 heterocycles. The first-order valence-electron chi connectivity index (χ1n) is 3.81. The average Bonchev–Trinajstić information content (AvgIpc) is 2.04. The number of rotatable bonds is 2. The first-order valence-corrected chi connectivity index (χ1v) is 4.89. The van der Waals surface area contributed by atoms with Gasteiger partial charge in [-0.15, -0.1) is 12.4 Å². The second kappa shape index (κ2) is 5.80. The summed E-state index contributed by atoms with van der Waals surface area (Å²) in [6, 6.07) is 7.54. The normalized spacial score (nSPS) is 14.5. The van der Waals surface area contributed by atoms with E-state index in [0.29, 0.717) is 0 Å². The molecule has 0 amide bonds. The van der Waals surface area contributed by atoms with Gasteiger partial charge >= 0.3 is 0 Å². The molecule has 2 atom stereocenters. The summed E-state index contributed by atoms with van der Waals surface area (Å²) >= 11 is 2.22. The van der Waals surface area contributed by atoms with Crippen molar-refractivity contribution in [3.8, 4) is 0 Å². The molecule has 0 aliphatic rings. The molecule has 3 N–H and O–H groups in total. The van der Waals surface area contributed by atoms with E-state index in [1.54, 1.807) is 6.92 Å². The Balaban J connectivity index is 0.00000144. The molecule has 1 aromatic carbocycles. The van der Waals surface area contributed by atoms with Crippen LogP contribution in [0.3, 0.4) is 0 Å². The Labute approximate surface area is 98.1 Å². The number of halogens is 2. The third-order valence-corrected chi connectivity index (χ3v) is 2.77. The first-order chi connectivity index (χ1) is 5.63. The highest BCUT2D eigenvalue weighted by atomic mass is 127. The zero-order chi connectivity index (χ0) is 9.14. The highest BCUT2D eigenvalue weighted by Crippen LogP contribution is 2.20. The van der Waals surface area contributed by atoms with Gasteiger partial charge in [0, 0.05) is 3.57 Å². The highest BCUT2D eigenvalue weighted by molar-refractivity contribution is 14.1. The van der Waals surface area contributed by atoms with E-state index in [9.17, 15) is 5.11 Å². The average molecular weight is 314 g/mol. The fraction of sp³-hybridized carbons (Fsp3) is 0.333. The molecule has 74 valence electrons. The molecule has 1 rings (SSSR count). The summed E-state index contributed by atoms with van der Waals surface area (Å²) in [6.45, 7) is 1.70. The summed E-state index contributed by atoms with van der Waals surface area (Å²) in [7, 11) is 0. The molecule has 0 saturated heterocycles. The van der Waals surface area contributed by atoms with Crippen molar-refractivity contribution in [1.82, 2.24) is 0 Å². The van der Waals surface area contributed by atoms with Crippen LogP contribution in [0, 0.1) is 3.57 Å². The molecule has 0 unspecified atom stereocenters. The molecule has 0 saturated carbocycles. The Morgan fingerprint density at radius 1 is 1.38 bits per heavy atom. The lowest BCUT2D eigenvalue weighted by molar-refractivity contribution is 0.164. The summed E-state index contributed by atoms with van der Waals surface area (Å²) in [5, 5.41) is 9.27. The van der Waals surface area contributed by atoms with Gasteiger partial charge in [0.2, 0.25) is 0 Å². The van der Waals surface area contributed by atoms with Gasteiger partial charge in [-0.3, -0.25) is 0 Å². The molecule has 0 aliphatic carbocycles. The second-order valence-corrected chi connectivity index (χ2v) is 3.95. The molecule has 0 aromatic heterocycles. The number of hydrogen-bond donors (Lipinski definition) is 2. The van der Waals surface area contributed by atoms with Crippen molar-refractivity contribution in [2.24, 2.45) is 5.73 Å². The number of aliphatic hydroxyl groups is 1. The van der Waals surface area contributed by atoms with Gasteiger partial charge in [0.05, 0.1) is 12.1 Å². The fourth-order valence-electron chi connectivity index (χ4n) is 1.01. The van der Waals surface area contributed by atoms with E-state index in [1.165, 1.54) is 0 Å². The predicted molar refractivity (Wildman–Crippen MR) is 65.0 cm³/mol. The van der Waals surface area contributed by atoms with Gasteiger partial charge < -0.3 is 10.8 Å². The molecule has 0 fully saturated rings. The smallest absolute Gasteiger partial charge is 0.0705 e. The minimum absolute atomic E-state index is 0. The third kappa shape index (κ3) is 3.42. The van der Waals surface area contributed by atoms with E-state index < -0.39 is 6.10 Å². The third-order valence-electron chi connectivity index (χ3n) is 1.78. The summed E-state index contributed by atoms with van der Waals surface area (Å²) < 4.78 is 1.10. The minimum Gasteiger partial charge on any atom is -0.391 e. The molecule has 0 aliphatic heterocycles. The fourth-order valence-corrected chi connectivity index (χ4v) is 1.75. The Morgan fingerprint density at radius 2 is 1.92 bits per heavy atom. The first kappa shape index (κ1) is 13.2. The zero-order valence-electron chi connectivity index (χ0n) is 7.27. The number of nitrogens with two attached hydrogens (primary N) is 1. The van der Waals surface area contributed by atoms with Crippen molar-refractivity contribution in [3.63, 3.8) is 0 Å². The lowest BCUT2D eigenvalue weighted by Gasteiger charge is -2.16. The van der Waals surface area contributed by atoms with E-state index >= 15 is 0 Å². The van der Waals surface area contributed by atoms with Crippen LogP contribution in [0.1, 0.15) is 18.5 Å². The van der Waals surface area contributed by atoms with Crippen LogP contribution in [0.25, 0.3) is 0 Å². The van der Waals surface area contributed by atoms with Gasteiger partial charge in [0.1, 0.15) is 0 Å². The van der Waals surface area contributed by atoms with E-state index in [4.69, 9.17) is 5.73 Å². The van der Waals surface area contributed by atoms with Crippen LogP contribution in [0.5, 0.6) is 0 Å². The molecular weight excluding hydrogens is 300 g/mol. The molecule has 2 nitrogen and oxygen atoms in total. The van der Waals surface area contributed by atoms with Crippen molar-refractivity contribution in [2.75, 3.05) is 0 Å². The highest BCUT2D eigenvalue weighted by Gasteiger charge is 2.13. The zero-order valence-corrected chi connectivity index (χ0v) is 10.2. The maximum atomic E-state index is 9.27. The minimum atomic E-state index is -0.499. The number of hydrogen-bond acceptors (Lipinski definition) is 2. The lowest BCUT2D eigenvalue weighted by atomic mass is 10.0. The monoisotopic (exact) mass is 313 g/mol. The van der Waals surface area contributed by atoms with Crippen LogP contribution in [0.2, 0.25) is 0 Å². The molecule has 0 bridgehead atoms. The van der Waals surface area contributed by atoms with Crippen LogP contribution in [-0.4, -0.2) is 11.2 Å². The van der Waals surface area contributed by atoms with Gasteiger partial charge in [0.15, 0.2) is 0 Å². The lowest BCUT2D eigenvalue weighted by Crippen LogP contribution is -2.23. The van der Waals surface area contributed by atoms with Crippen molar-refractivity contribution in [2.45, 2.75) is 19.1 Å². The predicted octanol–water partition coefficient (Wildman–Crippen LogP) is 2.09. The standard InChI is InChI=1S/C9H12INO.ClH/c1-6(12)9(11)7-4-2-3-5-8(7)10;/h2-6,9,12H,11H2,1H3;1H/t6-,9-;/m0./s1. The van der Waals surface area contributed by atoms with Crippen LogP contribution in [-0.2, 0) is 0 Å². The molecule has 0 spiro atoms. The summed E-state index contributed by atoms with van der Waals surface area (Å²) in [5.41, 5.74) is 6.79. The van der Waals surface area contributed by atoms with E-state index in [-0.39, 0.29) is 18.4 Å². The quantitative estimate of drug-likeness (QED) is 0.821. The summed E-state index contributed by atoms with van der Waals surface area (Å²) in [4.78, 5) is 0. The topological polar surface area (TPSA) is 46.2 Å². The molecular formula is C9H13ClINO. The van der Waals surface area contributed by atoms with Gasteiger partial charge in [-0.25, -0.2) is 0 Å². The molecule has 0 radical (unpaired) electrons. The molecule has 13 heavy (non-hydrogen) atoms. The Morgan fingerprint density at radius 3 is 2.38 bits per heavy atom. The van der Waals surface area contributed by atoms with Crippen molar-refractivity contribution in [1.29, 1.82) is 0 Å². The van der Waals surface area contributed by atoms with E-state index in [0.717, 1.165) is 9.13 Å². The SMILES string of the molecule is C[C@H](O)[C@H](N)c1ccccc1I.Cl. The number of aliphatic hydroxyl groups excluding tert-OH is 1. The Kier molecular flexibility index (Phi) is 5.87. The largest absolute Gasteiger partial charge is 0.391 e. The Hall–Kier alpha value is 0.160. The Bertz CT molecular complexity index is 268. The van der Waals surface area contributed by atoms with Crippen LogP contribution in [0.15, 0.2) is 24.3 Å². The van der Waals surface area contributed by atoms with Gasteiger partial charge in [0.25, 0.3) is 0 Å². The van der Waals surface area contributed by atoms with Crippen LogP contribution >= 0.6 is 35.0 Å². The van der Waals surface area contributed by atoms with Crippen molar-refractivity contribution in [3.05, 3.63) is 33.4 Å². The van der Waals surface area contributed by atoms with Gasteiger partial charge in [-0.05, 0) is 41.1 Å². The van der Waals surface area contributed by atoms with Gasteiger partial charge in [-0.1, -0.05) is 18.2 Å². The summed E-state index contributed by atoms with van der Waals surface area (Å²) in [6.07, 6.45) is -0.499. The maximum Gasteiger partial charge on any atom is 0.0705 e. The second-order valence-electron chi connectivity index (χ2n) is 2.79. The van der Waals surface area contributed by atoms with E-state index in [1.807, 2.05) is 24.3 Å². The van der Waals surface area contributed by atoms with Crippen LogP contribution < -0.4 is 5.73 Å². The van der Waals surface area contributed by atoms with Crippen molar-refractivity contribution < 1.29 is 5.11 Å². The van der Waals surface area contributed by atoms with Gasteiger partial charge in [-0.2, -0.15) is 0 Å². The summed E-state index contributed by atoms with van der Waals surface area (Å²) in [5.74, 6) is 0. The van der Waals surface area contributed by atoms with Crippen molar-refractivity contribution >= 4 is 35.0 Å².